The highest BCUT2D eigenvalue weighted by atomic mass is 16.3. The van der Waals surface area contributed by atoms with E-state index in [1.54, 1.807) is 0 Å². The van der Waals surface area contributed by atoms with Gasteiger partial charge in [-0.05, 0) is 120 Å². The maximum atomic E-state index is 7.22. The third-order valence-corrected chi connectivity index (χ3v) is 14.4. The van der Waals surface area contributed by atoms with Gasteiger partial charge >= 0.3 is 0 Å². The molecular weight excluding hydrogens is 803 g/mol. The zero-order valence-electron chi connectivity index (χ0n) is 36.5. The lowest BCUT2D eigenvalue weighted by Gasteiger charge is -2.29. The molecule has 0 atom stereocenters. The molecule has 0 spiro atoms. The van der Waals surface area contributed by atoms with E-state index in [4.69, 9.17) is 8.83 Å². The third kappa shape index (κ3) is 5.26. The highest BCUT2D eigenvalue weighted by Gasteiger charge is 2.36. The van der Waals surface area contributed by atoms with Gasteiger partial charge in [-0.25, -0.2) is 0 Å². The molecule has 0 amide bonds. The van der Waals surface area contributed by atoms with Crippen LogP contribution in [0.25, 0.3) is 110 Å². The van der Waals surface area contributed by atoms with E-state index in [-0.39, 0.29) is 5.41 Å². The van der Waals surface area contributed by atoms with Crippen molar-refractivity contribution in [2.75, 3.05) is 4.90 Å². The Morgan fingerprint density at radius 1 is 0.364 bits per heavy atom. The van der Waals surface area contributed by atoms with E-state index in [9.17, 15) is 0 Å². The molecule has 3 nitrogen and oxygen atoms in total. The molecule has 310 valence electrons. The molecule has 0 aliphatic heterocycles. The van der Waals surface area contributed by atoms with Gasteiger partial charge in [-0.3, -0.25) is 0 Å². The maximum absolute atomic E-state index is 7.22. The smallest absolute Gasteiger partial charge is 0.143 e. The summed E-state index contributed by atoms with van der Waals surface area (Å²) in [5.41, 5.74) is 16.3. The molecule has 0 unspecified atom stereocenters. The van der Waals surface area contributed by atoms with Crippen LogP contribution in [0.15, 0.2) is 221 Å². The second-order valence-electron chi connectivity index (χ2n) is 18.4. The van der Waals surface area contributed by atoms with Gasteiger partial charge in [0.15, 0.2) is 0 Å². The van der Waals surface area contributed by atoms with Gasteiger partial charge in [-0.1, -0.05) is 172 Å². The van der Waals surface area contributed by atoms with E-state index < -0.39 is 0 Å². The average molecular weight is 844 g/mol. The van der Waals surface area contributed by atoms with Crippen molar-refractivity contribution in [3.8, 4) is 33.4 Å². The van der Waals surface area contributed by atoms with E-state index in [1.165, 1.54) is 60.1 Å². The van der Waals surface area contributed by atoms with E-state index in [0.29, 0.717) is 0 Å². The van der Waals surface area contributed by atoms with Crippen LogP contribution in [0.4, 0.5) is 17.1 Å². The second kappa shape index (κ2) is 13.8. The van der Waals surface area contributed by atoms with Crippen molar-refractivity contribution >= 4 is 93.3 Å². The van der Waals surface area contributed by atoms with E-state index in [2.05, 4.69) is 219 Å². The van der Waals surface area contributed by atoms with Crippen LogP contribution in [0, 0.1) is 0 Å². The summed E-state index contributed by atoms with van der Waals surface area (Å²) in [6, 6.07) is 77.1. The number of rotatable bonds is 5. The monoisotopic (exact) mass is 843 g/mol. The predicted octanol–water partition coefficient (Wildman–Crippen LogP) is 18.1. The summed E-state index contributed by atoms with van der Waals surface area (Å²) in [6.45, 7) is 4.71. The minimum Gasteiger partial charge on any atom is -0.455 e. The lowest BCUT2D eigenvalue weighted by molar-refractivity contribution is 0.660. The molecule has 0 saturated heterocycles. The SMILES string of the molecule is CC1(C)c2ccccc2-c2ccc(N(c3ccc(-c4cccc5c4oc4ccccc45)cc3)c3cccc4oc5c(-c6cc7ccccc7c7ccccc67)c6ccccc6cc5c34)cc21. The van der Waals surface area contributed by atoms with Crippen LogP contribution in [0.5, 0.6) is 0 Å². The van der Waals surface area contributed by atoms with Gasteiger partial charge in [-0.2, -0.15) is 0 Å². The van der Waals surface area contributed by atoms with Crippen molar-refractivity contribution < 1.29 is 8.83 Å². The third-order valence-electron chi connectivity index (χ3n) is 14.4. The van der Waals surface area contributed by atoms with Gasteiger partial charge < -0.3 is 13.7 Å². The van der Waals surface area contributed by atoms with Gasteiger partial charge in [-0.15, -0.1) is 0 Å². The van der Waals surface area contributed by atoms with Crippen LogP contribution in [0.2, 0.25) is 0 Å². The normalized spacial score (nSPS) is 13.1. The number of para-hydroxylation sites is 2. The predicted molar refractivity (Wildman–Crippen MR) is 277 cm³/mol. The minimum absolute atomic E-state index is 0.173. The zero-order chi connectivity index (χ0) is 43.7. The maximum Gasteiger partial charge on any atom is 0.143 e. The highest BCUT2D eigenvalue weighted by molar-refractivity contribution is 6.25. The van der Waals surface area contributed by atoms with E-state index in [1.807, 2.05) is 12.1 Å². The average Bonchev–Trinajstić information content (AvgIpc) is 4.01. The van der Waals surface area contributed by atoms with Gasteiger partial charge in [0.25, 0.3) is 0 Å². The molecule has 0 fully saturated rings. The molecule has 0 bridgehead atoms. The highest BCUT2D eigenvalue weighted by Crippen LogP contribution is 2.53. The van der Waals surface area contributed by atoms with Gasteiger partial charge in [0.1, 0.15) is 22.3 Å². The Labute approximate surface area is 381 Å². The Kier molecular flexibility index (Phi) is 7.74. The summed E-state index contributed by atoms with van der Waals surface area (Å²) in [7, 11) is 0. The molecule has 0 N–H and O–H groups in total. The number of anilines is 3. The zero-order valence-corrected chi connectivity index (χ0v) is 36.5. The Balaban J connectivity index is 1.02. The van der Waals surface area contributed by atoms with Crippen molar-refractivity contribution in [2.24, 2.45) is 0 Å². The van der Waals surface area contributed by atoms with Crippen molar-refractivity contribution in [1.29, 1.82) is 0 Å². The first-order valence-corrected chi connectivity index (χ1v) is 22.8. The molecule has 11 aromatic carbocycles. The quantitative estimate of drug-likeness (QED) is 0.162. The Morgan fingerprint density at radius 2 is 0.970 bits per heavy atom. The largest absolute Gasteiger partial charge is 0.455 e. The topological polar surface area (TPSA) is 29.5 Å². The molecule has 13 aromatic rings. The second-order valence-corrected chi connectivity index (χ2v) is 18.4. The van der Waals surface area contributed by atoms with Crippen LogP contribution in [-0.2, 0) is 5.41 Å². The lowest BCUT2D eigenvalue weighted by Crippen LogP contribution is -2.16. The fraction of sp³-hybridized carbons (Fsp3) is 0.0476. The number of fused-ring (bicyclic) bond motifs is 13. The molecule has 14 rings (SSSR count). The van der Waals surface area contributed by atoms with Crippen LogP contribution in [0.3, 0.4) is 0 Å². The molecule has 2 aromatic heterocycles. The summed E-state index contributed by atoms with van der Waals surface area (Å²) in [4.78, 5) is 2.43. The first-order chi connectivity index (χ1) is 32.5. The number of nitrogens with zero attached hydrogens (tertiary/aromatic N) is 1. The van der Waals surface area contributed by atoms with Gasteiger partial charge in [0, 0.05) is 44.1 Å². The summed E-state index contributed by atoms with van der Waals surface area (Å²) in [5, 5.41) is 11.6. The number of hydrogen-bond acceptors (Lipinski definition) is 3. The molecule has 1 aliphatic rings. The van der Waals surface area contributed by atoms with Crippen LogP contribution in [0.1, 0.15) is 25.0 Å². The fourth-order valence-electron chi connectivity index (χ4n) is 11.3. The summed E-state index contributed by atoms with van der Waals surface area (Å²) >= 11 is 0. The van der Waals surface area contributed by atoms with Gasteiger partial charge in [0.05, 0.1) is 11.1 Å². The summed E-state index contributed by atoms with van der Waals surface area (Å²) in [6.07, 6.45) is 0. The van der Waals surface area contributed by atoms with E-state index >= 15 is 0 Å². The standard InChI is InChI=1S/C63H41NO2/c1-63(2)54-25-11-9-21-48(54)49-34-33-42(37-55(49)63)64(41-31-29-38(30-32-41)45-23-13-24-51-50-22-10-12-27-57(50)65-61(45)51)56-26-14-28-58-60(56)53-36-40-16-4-6-18-44(40)59(62(53)66-58)52-35-39-15-3-5-17-43(39)46-19-7-8-20-47(46)52/h3-37H,1-2H3. The molecule has 2 heterocycles. The van der Waals surface area contributed by atoms with Crippen molar-refractivity contribution in [1.82, 2.24) is 0 Å². The van der Waals surface area contributed by atoms with E-state index in [0.717, 1.165) is 77.6 Å². The number of hydrogen-bond donors (Lipinski definition) is 0. The Hall–Kier alpha value is -8.40. The van der Waals surface area contributed by atoms with Crippen molar-refractivity contribution in [3.05, 3.63) is 223 Å². The number of furan rings is 2. The minimum atomic E-state index is -0.173. The lowest BCUT2D eigenvalue weighted by atomic mass is 9.82. The molecule has 0 radical (unpaired) electrons. The molecule has 1 aliphatic carbocycles. The molecular formula is C63H41NO2. The summed E-state index contributed by atoms with van der Waals surface area (Å²) < 4.78 is 13.7. The Morgan fingerprint density at radius 3 is 1.82 bits per heavy atom. The van der Waals surface area contributed by atoms with Crippen molar-refractivity contribution in [2.45, 2.75) is 19.3 Å². The number of benzene rings is 11. The van der Waals surface area contributed by atoms with Crippen LogP contribution < -0.4 is 4.90 Å². The van der Waals surface area contributed by atoms with Gasteiger partial charge in [0.2, 0.25) is 0 Å². The fourth-order valence-corrected chi connectivity index (χ4v) is 11.3. The summed E-state index contributed by atoms with van der Waals surface area (Å²) in [5.74, 6) is 0. The molecule has 0 saturated carbocycles. The van der Waals surface area contributed by atoms with Crippen molar-refractivity contribution in [3.63, 3.8) is 0 Å². The Bertz CT molecular complexity index is 4150. The first-order valence-electron chi connectivity index (χ1n) is 22.8. The first kappa shape index (κ1) is 37.0. The van der Waals surface area contributed by atoms with Crippen LogP contribution in [-0.4, -0.2) is 0 Å². The molecule has 3 heteroatoms. The molecule has 66 heavy (non-hydrogen) atoms. The van der Waals surface area contributed by atoms with Crippen LogP contribution >= 0.6 is 0 Å².